The maximum atomic E-state index is 12.1. The number of carbonyl (C=O) groups excluding carboxylic acids is 1. The molecule has 1 N–H and O–H groups in total. The predicted molar refractivity (Wildman–Crippen MR) is 83.2 cm³/mol. The molecule has 2 atom stereocenters. The van der Waals surface area contributed by atoms with Gasteiger partial charge in [0.25, 0.3) is 0 Å². The molecule has 0 unspecified atom stereocenters. The van der Waals surface area contributed by atoms with Gasteiger partial charge in [-0.3, -0.25) is 4.79 Å². The van der Waals surface area contributed by atoms with E-state index in [0.29, 0.717) is 12.0 Å². The molecule has 0 bridgehead atoms. The van der Waals surface area contributed by atoms with Crippen molar-refractivity contribution in [2.24, 2.45) is 0 Å². The van der Waals surface area contributed by atoms with E-state index in [9.17, 15) is 22.0 Å². The Hall–Kier alpha value is -1.70. The number of amides is 1. The number of carbonyl (C=O) groups is 1. The number of nitrogens with one attached hydrogen (secondary N) is 1. The Morgan fingerprint density at radius 2 is 1.78 bits per heavy atom. The Kier molecular flexibility index (Phi) is 6.93. The first-order chi connectivity index (χ1) is 10.7. The molecule has 0 radical (unpaired) electrons. The lowest BCUT2D eigenvalue weighted by atomic mass is 10.1. The second-order valence-corrected chi connectivity index (χ2v) is 7.63. The average Bonchev–Trinajstić information content (AvgIpc) is 2.46. The highest BCUT2D eigenvalue weighted by Gasteiger charge is 2.28. The van der Waals surface area contributed by atoms with Gasteiger partial charge in [-0.05, 0) is 38.0 Å². The first-order valence-electron chi connectivity index (χ1n) is 7.24. The SMILES string of the molecule is CCCS(=O)(=O)[C@H](C)C(=O)N[C@H](C)c1ccc(OC(F)F)cc1. The minimum Gasteiger partial charge on any atom is -0.435 e. The summed E-state index contributed by atoms with van der Waals surface area (Å²) >= 11 is 0. The van der Waals surface area contributed by atoms with E-state index >= 15 is 0 Å². The Bertz CT molecular complexity index is 617. The maximum Gasteiger partial charge on any atom is 0.387 e. The molecule has 1 aromatic carbocycles. The number of alkyl halides is 2. The molecule has 5 nitrogen and oxygen atoms in total. The van der Waals surface area contributed by atoms with Crippen molar-refractivity contribution in [2.45, 2.75) is 45.1 Å². The number of sulfone groups is 1. The van der Waals surface area contributed by atoms with Crippen LogP contribution in [0.25, 0.3) is 0 Å². The van der Waals surface area contributed by atoms with Crippen LogP contribution in [0.2, 0.25) is 0 Å². The van der Waals surface area contributed by atoms with E-state index in [2.05, 4.69) is 10.1 Å². The molecule has 1 amide bonds. The Morgan fingerprint density at radius 3 is 2.26 bits per heavy atom. The first-order valence-corrected chi connectivity index (χ1v) is 8.95. The van der Waals surface area contributed by atoms with Crippen molar-refractivity contribution in [3.05, 3.63) is 29.8 Å². The lowest BCUT2D eigenvalue weighted by Crippen LogP contribution is -2.40. The largest absolute Gasteiger partial charge is 0.435 e. The smallest absolute Gasteiger partial charge is 0.387 e. The van der Waals surface area contributed by atoms with Gasteiger partial charge in [0.05, 0.1) is 11.8 Å². The number of hydrogen-bond donors (Lipinski definition) is 1. The van der Waals surface area contributed by atoms with E-state index in [-0.39, 0.29) is 11.5 Å². The molecule has 130 valence electrons. The molecule has 23 heavy (non-hydrogen) atoms. The van der Waals surface area contributed by atoms with Gasteiger partial charge < -0.3 is 10.1 Å². The second-order valence-electron chi connectivity index (χ2n) is 5.19. The van der Waals surface area contributed by atoms with E-state index in [1.807, 2.05) is 0 Å². The fraction of sp³-hybridized carbons (Fsp3) is 0.533. The summed E-state index contributed by atoms with van der Waals surface area (Å²) in [5, 5.41) is 1.48. The molecule has 0 aliphatic rings. The second kappa shape index (κ2) is 8.24. The van der Waals surface area contributed by atoms with Crippen LogP contribution in [0.4, 0.5) is 8.78 Å². The molecule has 0 aromatic heterocycles. The lowest BCUT2D eigenvalue weighted by Gasteiger charge is -2.18. The van der Waals surface area contributed by atoms with Gasteiger partial charge in [0.1, 0.15) is 11.0 Å². The highest BCUT2D eigenvalue weighted by atomic mass is 32.2. The van der Waals surface area contributed by atoms with Crippen LogP contribution in [0.15, 0.2) is 24.3 Å². The van der Waals surface area contributed by atoms with E-state index < -0.39 is 33.6 Å². The van der Waals surface area contributed by atoms with Crippen molar-refractivity contribution in [1.82, 2.24) is 5.32 Å². The van der Waals surface area contributed by atoms with Crippen molar-refractivity contribution in [3.8, 4) is 5.75 Å². The van der Waals surface area contributed by atoms with Gasteiger partial charge in [-0.1, -0.05) is 19.1 Å². The molecule has 0 spiro atoms. The topological polar surface area (TPSA) is 72.5 Å². The fourth-order valence-electron chi connectivity index (χ4n) is 1.98. The molecule has 0 aliphatic carbocycles. The third-order valence-corrected chi connectivity index (χ3v) is 5.63. The number of benzene rings is 1. The molecule has 1 rings (SSSR count). The summed E-state index contributed by atoms with van der Waals surface area (Å²) in [4.78, 5) is 12.0. The minimum atomic E-state index is -3.47. The summed E-state index contributed by atoms with van der Waals surface area (Å²) in [6.07, 6.45) is 0.446. The quantitative estimate of drug-likeness (QED) is 0.783. The van der Waals surface area contributed by atoms with Crippen molar-refractivity contribution in [2.75, 3.05) is 5.75 Å². The highest BCUT2D eigenvalue weighted by Crippen LogP contribution is 2.19. The summed E-state index contributed by atoms with van der Waals surface area (Å²) < 4.78 is 52.2. The normalized spacial score (nSPS) is 14.3. The van der Waals surface area contributed by atoms with Gasteiger partial charge in [-0.15, -0.1) is 0 Å². The zero-order valence-electron chi connectivity index (χ0n) is 13.3. The average molecular weight is 349 g/mol. The maximum absolute atomic E-state index is 12.1. The molecule has 0 saturated heterocycles. The zero-order valence-corrected chi connectivity index (χ0v) is 14.1. The predicted octanol–water partition coefficient (Wildman–Crippen LogP) is 2.68. The summed E-state index contributed by atoms with van der Waals surface area (Å²) in [6.45, 7) is 1.86. The summed E-state index contributed by atoms with van der Waals surface area (Å²) in [5.74, 6) is -0.615. The number of hydrogen-bond acceptors (Lipinski definition) is 4. The first kappa shape index (κ1) is 19.3. The number of ether oxygens (including phenoxy) is 1. The molecule has 0 aliphatic heterocycles. The Morgan fingerprint density at radius 1 is 1.22 bits per heavy atom. The van der Waals surface area contributed by atoms with E-state index in [4.69, 9.17) is 0 Å². The van der Waals surface area contributed by atoms with Crippen molar-refractivity contribution in [3.63, 3.8) is 0 Å². The van der Waals surface area contributed by atoms with Crippen LogP contribution in [0.1, 0.15) is 38.8 Å². The van der Waals surface area contributed by atoms with E-state index in [0.717, 1.165) is 0 Å². The van der Waals surface area contributed by atoms with E-state index in [1.54, 1.807) is 13.8 Å². The van der Waals surface area contributed by atoms with Gasteiger partial charge >= 0.3 is 6.61 Å². The number of rotatable bonds is 8. The zero-order chi connectivity index (χ0) is 17.6. The molecule has 8 heteroatoms. The minimum absolute atomic E-state index is 0.0150. The van der Waals surface area contributed by atoms with Crippen LogP contribution in [-0.2, 0) is 14.6 Å². The lowest BCUT2D eigenvalue weighted by molar-refractivity contribution is -0.121. The fourth-order valence-corrected chi connectivity index (χ4v) is 3.29. The van der Waals surface area contributed by atoms with Gasteiger partial charge in [0, 0.05) is 0 Å². The van der Waals surface area contributed by atoms with Crippen molar-refractivity contribution >= 4 is 15.7 Å². The third-order valence-electron chi connectivity index (χ3n) is 3.36. The van der Waals surface area contributed by atoms with Crippen LogP contribution in [0.3, 0.4) is 0 Å². The Labute approximate surface area is 134 Å². The van der Waals surface area contributed by atoms with Gasteiger partial charge in [0.2, 0.25) is 5.91 Å². The standard InChI is InChI=1S/C15H21F2NO4S/c1-4-9-23(20,21)11(3)14(19)18-10(2)12-5-7-13(8-6-12)22-15(16)17/h5-8,10-11,15H,4,9H2,1-3H3,(H,18,19)/t10-,11-/m1/s1. The highest BCUT2D eigenvalue weighted by molar-refractivity contribution is 7.92. The van der Waals surface area contributed by atoms with Crippen LogP contribution in [0.5, 0.6) is 5.75 Å². The van der Waals surface area contributed by atoms with Crippen LogP contribution in [-0.4, -0.2) is 31.9 Å². The van der Waals surface area contributed by atoms with Crippen molar-refractivity contribution < 1.29 is 26.7 Å². The summed E-state index contributed by atoms with van der Waals surface area (Å²) in [7, 11) is -3.47. The monoisotopic (exact) mass is 349 g/mol. The molecular weight excluding hydrogens is 328 g/mol. The molecule has 0 heterocycles. The van der Waals surface area contributed by atoms with Crippen LogP contribution >= 0.6 is 0 Å². The molecule has 1 aromatic rings. The number of halogens is 2. The summed E-state index contributed by atoms with van der Waals surface area (Å²) in [6, 6.07) is 5.34. The molecular formula is C15H21F2NO4S. The molecule has 0 saturated carbocycles. The summed E-state index contributed by atoms with van der Waals surface area (Å²) in [5.41, 5.74) is 0.653. The molecule has 0 fully saturated rings. The van der Waals surface area contributed by atoms with Crippen LogP contribution in [0, 0.1) is 0 Å². The third kappa shape index (κ3) is 5.78. The Balaban J connectivity index is 2.71. The van der Waals surface area contributed by atoms with E-state index in [1.165, 1.54) is 31.2 Å². The van der Waals surface area contributed by atoms with Gasteiger partial charge in [-0.25, -0.2) is 8.42 Å². The van der Waals surface area contributed by atoms with Gasteiger partial charge in [-0.2, -0.15) is 8.78 Å². The van der Waals surface area contributed by atoms with Gasteiger partial charge in [0.15, 0.2) is 9.84 Å². The van der Waals surface area contributed by atoms with Crippen LogP contribution < -0.4 is 10.1 Å². The van der Waals surface area contributed by atoms with Crippen molar-refractivity contribution in [1.29, 1.82) is 0 Å².